The van der Waals surface area contributed by atoms with Crippen molar-refractivity contribution in [1.82, 2.24) is 10.3 Å². The van der Waals surface area contributed by atoms with Gasteiger partial charge in [0, 0.05) is 5.38 Å². The van der Waals surface area contributed by atoms with Gasteiger partial charge in [0.15, 0.2) is 10.8 Å². The molecule has 2 aromatic heterocycles. The second-order valence-corrected chi connectivity index (χ2v) is 7.56. The number of nitrogens with zero attached hydrogens (tertiary/aromatic N) is 1. The first kappa shape index (κ1) is 18.2. The van der Waals surface area contributed by atoms with Crippen molar-refractivity contribution in [3.8, 4) is 10.8 Å². The predicted molar refractivity (Wildman–Crippen MR) is 111 cm³/mol. The van der Waals surface area contributed by atoms with Gasteiger partial charge >= 0.3 is 0 Å². The molecule has 2 heterocycles. The minimum Gasteiger partial charge on any atom is -0.462 e. The van der Waals surface area contributed by atoms with Gasteiger partial charge in [-0.25, -0.2) is 4.98 Å². The number of hydrogen-bond donors (Lipinski definition) is 1. The second-order valence-electron chi connectivity index (χ2n) is 6.70. The van der Waals surface area contributed by atoms with E-state index in [0.717, 1.165) is 27.6 Å². The zero-order valence-electron chi connectivity index (χ0n) is 15.5. The Hall–Kier alpha value is -3.18. The van der Waals surface area contributed by atoms with E-state index in [1.165, 1.54) is 11.3 Å². The standard InChI is InChI=1S/C23H20N2O2S/c1-23(17-9-4-2-5-10-17,18-11-6-3-7-12-18)25-21(26)15-19-16-28-22(24-19)20-13-8-14-27-20/h2-14,16H,15H2,1H3,(H,25,26). The van der Waals surface area contributed by atoms with Gasteiger partial charge in [0.1, 0.15) is 0 Å². The van der Waals surface area contributed by atoms with Crippen LogP contribution < -0.4 is 5.32 Å². The Morgan fingerprint density at radius 1 is 1.00 bits per heavy atom. The average molecular weight is 388 g/mol. The van der Waals surface area contributed by atoms with Crippen molar-refractivity contribution in [2.75, 3.05) is 0 Å². The Kier molecular flexibility index (Phi) is 5.08. The van der Waals surface area contributed by atoms with E-state index in [-0.39, 0.29) is 12.3 Å². The highest BCUT2D eigenvalue weighted by atomic mass is 32.1. The minimum absolute atomic E-state index is 0.0773. The molecule has 1 N–H and O–H groups in total. The van der Waals surface area contributed by atoms with Crippen LogP contribution in [0.2, 0.25) is 0 Å². The lowest BCUT2D eigenvalue weighted by molar-refractivity contribution is -0.121. The van der Waals surface area contributed by atoms with Gasteiger partial charge in [-0.3, -0.25) is 4.79 Å². The van der Waals surface area contributed by atoms with Crippen LogP contribution in [0.5, 0.6) is 0 Å². The van der Waals surface area contributed by atoms with Crippen molar-refractivity contribution in [3.05, 3.63) is 101 Å². The molecule has 5 heteroatoms. The van der Waals surface area contributed by atoms with Gasteiger partial charge in [0.05, 0.1) is 23.9 Å². The summed E-state index contributed by atoms with van der Waals surface area (Å²) in [5.74, 6) is 0.640. The molecule has 0 saturated carbocycles. The molecule has 0 aliphatic heterocycles. The summed E-state index contributed by atoms with van der Waals surface area (Å²) < 4.78 is 5.38. The van der Waals surface area contributed by atoms with Crippen LogP contribution in [0.1, 0.15) is 23.7 Å². The van der Waals surface area contributed by atoms with Crippen molar-refractivity contribution in [2.24, 2.45) is 0 Å². The number of aromatic nitrogens is 1. The van der Waals surface area contributed by atoms with Crippen LogP contribution in [0.3, 0.4) is 0 Å². The summed E-state index contributed by atoms with van der Waals surface area (Å²) in [6.07, 6.45) is 1.83. The molecule has 4 aromatic rings. The third kappa shape index (κ3) is 3.75. The van der Waals surface area contributed by atoms with Crippen LogP contribution in [0.15, 0.2) is 88.9 Å². The van der Waals surface area contributed by atoms with Gasteiger partial charge < -0.3 is 9.73 Å². The highest BCUT2D eigenvalue weighted by molar-refractivity contribution is 7.13. The number of carbonyl (C=O) groups excluding carboxylic acids is 1. The SMILES string of the molecule is CC(NC(=O)Cc1csc(-c2ccco2)n1)(c1ccccc1)c1ccccc1. The lowest BCUT2D eigenvalue weighted by atomic mass is 9.84. The summed E-state index contributed by atoms with van der Waals surface area (Å²) in [7, 11) is 0. The van der Waals surface area contributed by atoms with E-state index in [1.54, 1.807) is 6.26 Å². The molecule has 4 rings (SSSR count). The largest absolute Gasteiger partial charge is 0.462 e. The lowest BCUT2D eigenvalue weighted by Crippen LogP contribution is -2.45. The van der Waals surface area contributed by atoms with E-state index in [1.807, 2.05) is 85.1 Å². The normalized spacial score (nSPS) is 11.3. The summed E-state index contributed by atoms with van der Waals surface area (Å²) in [4.78, 5) is 17.4. The topological polar surface area (TPSA) is 55.1 Å². The molecule has 0 atom stereocenters. The molecular formula is C23H20N2O2S. The van der Waals surface area contributed by atoms with Crippen molar-refractivity contribution in [2.45, 2.75) is 18.9 Å². The Bertz CT molecular complexity index is 1000. The maximum Gasteiger partial charge on any atom is 0.227 e. The number of amides is 1. The first-order valence-electron chi connectivity index (χ1n) is 9.05. The molecule has 0 saturated heterocycles. The molecule has 2 aromatic carbocycles. The second kappa shape index (κ2) is 7.82. The highest BCUT2D eigenvalue weighted by Gasteiger charge is 2.30. The van der Waals surface area contributed by atoms with E-state index in [4.69, 9.17) is 4.42 Å². The van der Waals surface area contributed by atoms with Crippen LogP contribution in [0, 0.1) is 0 Å². The number of benzene rings is 2. The molecule has 0 aliphatic rings. The Labute approximate surface area is 167 Å². The molecule has 0 aliphatic carbocycles. The van der Waals surface area contributed by atoms with E-state index in [9.17, 15) is 4.79 Å². The molecule has 4 nitrogen and oxygen atoms in total. The molecule has 0 unspecified atom stereocenters. The van der Waals surface area contributed by atoms with Crippen LogP contribution in [-0.4, -0.2) is 10.9 Å². The zero-order chi connectivity index (χ0) is 19.4. The molecule has 0 bridgehead atoms. The first-order chi connectivity index (χ1) is 13.6. The molecule has 1 amide bonds. The third-order valence-electron chi connectivity index (χ3n) is 4.72. The molecule has 140 valence electrons. The average Bonchev–Trinajstić information content (AvgIpc) is 3.41. The number of carbonyl (C=O) groups is 1. The highest BCUT2D eigenvalue weighted by Crippen LogP contribution is 2.29. The summed E-state index contributed by atoms with van der Waals surface area (Å²) in [6, 6.07) is 23.7. The van der Waals surface area contributed by atoms with Crippen molar-refractivity contribution >= 4 is 17.2 Å². The van der Waals surface area contributed by atoms with Crippen molar-refractivity contribution < 1.29 is 9.21 Å². The fraction of sp³-hybridized carbons (Fsp3) is 0.130. The lowest BCUT2D eigenvalue weighted by Gasteiger charge is -2.32. The van der Waals surface area contributed by atoms with Gasteiger partial charge in [0.2, 0.25) is 5.91 Å². The summed E-state index contributed by atoms with van der Waals surface area (Å²) in [5, 5.41) is 5.90. The fourth-order valence-electron chi connectivity index (χ4n) is 3.24. The Morgan fingerprint density at radius 3 is 2.21 bits per heavy atom. The number of hydrogen-bond acceptors (Lipinski definition) is 4. The predicted octanol–water partition coefficient (Wildman–Crippen LogP) is 5.03. The molecule has 0 radical (unpaired) electrons. The maximum absolute atomic E-state index is 12.9. The van der Waals surface area contributed by atoms with Crippen LogP contribution in [0.25, 0.3) is 10.8 Å². The van der Waals surface area contributed by atoms with Gasteiger partial charge in [-0.2, -0.15) is 0 Å². The van der Waals surface area contributed by atoms with Gasteiger partial charge in [0.25, 0.3) is 0 Å². The summed E-state index contributed by atoms with van der Waals surface area (Å²) >= 11 is 1.48. The fourth-order valence-corrected chi connectivity index (χ4v) is 4.03. The molecule has 0 spiro atoms. The molecular weight excluding hydrogens is 368 g/mol. The van der Waals surface area contributed by atoms with E-state index >= 15 is 0 Å². The minimum atomic E-state index is -0.626. The Balaban J connectivity index is 1.56. The van der Waals surface area contributed by atoms with Gasteiger partial charge in [-0.1, -0.05) is 60.7 Å². The smallest absolute Gasteiger partial charge is 0.227 e. The summed E-state index contributed by atoms with van der Waals surface area (Å²) in [5.41, 5.74) is 2.17. The number of nitrogens with one attached hydrogen (secondary N) is 1. The molecule has 0 fully saturated rings. The van der Waals surface area contributed by atoms with Crippen molar-refractivity contribution in [1.29, 1.82) is 0 Å². The monoisotopic (exact) mass is 388 g/mol. The zero-order valence-corrected chi connectivity index (χ0v) is 16.3. The number of rotatable bonds is 6. The van der Waals surface area contributed by atoms with E-state index in [2.05, 4.69) is 10.3 Å². The van der Waals surface area contributed by atoms with E-state index in [0.29, 0.717) is 0 Å². The Morgan fingerprint density at radius 2 is 1.64 bits per heavy atom. The van der Waals surface area contributed by atoms with Gasteiger partial charge in [-0.05, 0) is 30.2 Å². The summed E-state index contributed by atoms with van der Waals surface area (Å²) in [6.45, 7) is 2.03. The van der Waals surface area contributed by atoms with Gasteiger partial charge in [-0.15, -0.1) is 11.3 Å². The molecule has 28 heavy (non-hydrogen) atoms. The number of thiazole rings is 1. The van der Waals surface area contributed by atoms with E-state index < -0.39 is 5.54 Å². The first-order valence-corrected chi connectivity index (χ1v) is 9.93. The van der Waals surface area contributed by atoms with Crippen LogP contribution in [-0.2, 0) is 16.8 Å². The van der Waals surface area contributed by atoms with Crippen molar-refractivity contribution in [3.63, 3.8) is 0 Å². The van der Waals surface area contributed by atoms with Crippen LogP contribution >= 0.6 is 11.3 Å². The third-order valence-corrected chi connectivity index (χ3v) is 5.62. The maximum atomic E-state index is 12.9. The quantitative estimate of drug-likeness (QED) is 0.504. The van der Waals surface area contributed by atoms with Crippen LogP contribution in [0.4, 0.5) is 0 Å². The number of furan rings is 1.